The van der Waals surface area contributed by atoms with E-state index in [0.717, 1.165) is 0 Å². The minimum absolute atomic E-state index is 0.0269. The molecule has 1 aliphatic rings. The van der Waals surface area contributed by atoms with E-state index in [-0.39, 0.29) is 18.4 Å². The van der Waals surface area contributed by atoms with E-state index < -0.39 is 0 Å². The lowest BCUT2D eigenvalue weighted by atomic mass is 10.2. The van der Waals surface area contributed by atoms with Gasteiger partial charge >= 0.3 is 0 Å². The van der Waals surface area contributed by atoms with Gasteiger partial charge in [0.05, 0.1) is 11.3 Å². The normalized spacial score (nSPS) is 13.0. The van der Waals surface area contributed by atoms with Gasteiger partial charge in [-0.05, 0) is 24.3 Å². The first-order valence-corrected chi connectivity index (χ1v) is 7.08. The maximum Gasteiger partial charge on any atom is 0.265 e. The predicted octanol–water partition coefficient (Wildman–Crippen LogP) is 2.25. The SMILES string of the molecule is C=CCN1C(=O)COc2cc(NC(=O)c3cccnc3)ccc21. The molecule has 2 amide bonds. The Hall–Kier alpha value is -3.15. The molecule has 1 aliphatic heterocycles. The van der Waals surface area contributed by atoms with Crippen LogP contribution in [0, 0.1) is 0 Å². The van der Waals surface area contributed by atoms with Crippen LogP contribution < -0.4 is 15.0 Å². The maximum atomic E-state index is 12.1. The van der Waals surface area contributed by atoms with Crippen molar-refractivity contribution in [2.24, 2.45) is 0 Å². The Bertz CT molecular complexity index is 759. The van der Waals surface area contributed by atoms with Gasteiger partial charge < -0.3 is 15.0 Å². The van der Waals surface area contributed by atoms with E-state index in [2.05, 4.69) is 16.9 Å². The first-order chi connectivity index (χ1) is 11.2. The molecule has 6 heteroatoms. The van der Waals surface area contributed by atoms with Crippen molar-refractivity contribution in [1.82, 2.24) is 4.98 Å². The number of carbonyl (C=O) groups is 2. The van der Waals surface area contributed by atoms with Crippen LogP contribution in [0.3, 0.4) is 0 Å². The van der Waals surface area contributed by atoms with Crippen LogP contribution in [0.15, 0.2) is 55.4 Å². The quantitative estimate of drug-likeness (QED) is 0.879. The Morgan fingerprint density at radius 2 is 2.30 bits per heavy atom. The Kier molecular flexibility index (Phi) is 4.05. The van der Waals surface area contributed by atoms with Crippen molar-refractivity contribution in [2.75, 3.05) is 23.4 Å². The van der Waals surface area contributed by atoms with Crippen LogP contribution in [0.5, 0.6) is 5.75 Å². The van der Waals surface area contributed by atoms with Crippen LogP contribution in [0.4, 0.5) is 11.4 Å². The van der Waals surface area contributed by atoms with Gasteiger partial charge in [0.15, 0.2) is 6.61 Å². The van der Waals surface area contributed by atoms with Gasteiger partial charge in [-0.15, -0.1) is 6.58 Å². The van der Waals surface area contributed by atoms with E-state index in [1.807, 2.05) is 0 Å². The molecule has 0 saturated heterocycles. The molecule has 1 aromatic carbocycles. The number of hydrogen-bond acceptors (Lipinski definition) is 4. The highest BCUT2D eigenvalue weighted by molar-refractivity contribution is 6.04. The minimum atomic E-state index is -0.257. The van der Waals surface area contributed by atoms with Crippen LogP contribution in [-0.2, 0) is 4.79 Å². The third-order valence-electron chi connectivity index (χ3n) is 3.40. The highest BCUT2D eigenvalue weighted by Gasteiger charge is 2.24. The molecule has 0 saturated carbocycles. The number of carbonyl (C=O) groups excluding carboxylic acids is 2. The summed E-state index contributed by atoms with van der Waals surface area (Å²) in [5, 5.41) is 2.78. The van der Waals surface area contributed by atoms with Gasteiger partial charge in [0.25, 0.3) is 11.8 Å². The number of anilines is 2. The number of nitrogens with one attached hydrogen (secondary N) is 1. The summed E-state index contributed by atoms with van der Waals surface area (Å²) >= 11 is 0. The molecule has 0 aliphatic carbocycles. The maximum absolute atomic E-state index is 12.1. The molecule has 6 nitrogen and oxygen atoms in total. The number of rotatable bonds is 4. The molecule has 0 bridgehead atoms. The van der Waals surface area contributed by atoms with Crippen molar-refractivity contribution < 1.29 is 14.3 Å². The second kappa shape index (κ2) is 6.31. The molecule has 0 unspecified atom stereocenters. The summed E-state index contributed by atoms with van der Waals surface area (Å²) in [7, 11) is 0. The van der Waals surface area contributed by atoms with Gasteiger partial charge in [-0.2, -0.15) is 0 Å². The summed E-state index contributed by atoms with van der Waals surface area (Å²) in [6.07, 6.45) is 4.76. The van der Waals surface area contributed by atoms with Crippen molar-refractivity contribution in [1.29, 1.82) is 0 Å². The smallest absolute Gasteiger partial charge is 0.265 e. The standard InChI is InChI=1S/C17H15N3O3/c1-2-8-20-14-6-5-13(9-15(14)23-11-16(20)21)19-17(22)12-4-3-7-18-10-12/h2-7,9-10H,1,8,11H2,(H,19,22). The van der Waals surface area contributed by atoms with Gasteiger partial charge in [-0.3, -0.25) is 14.6 Å². The van der Waals surface area contributed by atoms with Crippen molar-refractivity contribution >= 4 is 23.2 Å². The number of benzene rings is 1. The highest BCUT2D eigenvalue weighted by atomic mass is 16.5. The summed E-state index contributed by atoms with van der Waals surface area (Å²) < 4.78 is 5.45. The molecule has 3 rings (SSSR count). The molecule has 116 valence electrons. The summed E-state index contributed by atoms with van der Waals surface area (Å²) in [4.78, 5) is 29.5. The third-order valence-corrected chi connectivity index (χ3v) is 3.40. The molecule has 0 radical (unpaired) electrons. The molecule has 23 heavy (non-hydrogen) atoms. The number of ether oxygens (including phenoxy) is 1. The average molecular weight is 309 g/mol. The molecular formula is C17H15N3O3. The number of nitrogens with zero attached hydrogens (tertiary/aromatic N) is 2. The van der Waals surface area contributed by atoms with Gasteiger partial charge in [0, 0.05) is 30.7 Å². The van der Waals surface area contributed by atoms with Crippen molar-refractivity contribution in [3.8, 4) is 5.75 Å². The van der Waals surface area contributed by atoms with E-state index in [1.54, 1.807) is 47.5 Å². The second-order valence-corrected chi connectivity index (χ2v) is 4.96. The Morgan fingerprint density at radius 1 is 1.43 bits per heavy atom. The molecule has 0 spiro atoms. The Balaban J connectivity index is 1.82. The first kappa shape index (κ1) is 14.8. The number of amides is 2. The van der Waals surface area contributed by atoms with Gasteiger partial charge in [-0.1, -0.05) is 6.08 Å². The van der Waals surface area contributed by atoms with E-state index in [4.69, 9.17) is 4.74 Å². The topological polar surface area (TPSA) is 71.5 Å². The highest BCUT2D eigenvalue weighted by Crippen LogP contribution is 2.34. The average Bonchev–Trinajstić information content (AvgIpc) is 2.58. The lowest BCUT2D eigenvalue weighted by Gasteiger charge is -2.28. The zero-order valence-electron chi connectivity index (χ0n) is 12.4. The van der Waals surface area contributed by atoms with E-state index in [1.165, 1.54) is 6.20 Å². The summed E-state index contributed by atoms with van der Waals surface area (Å²) in [5.41, 5.74) is 1.72. The number of fused-ring (bicyclic) bond motifs is 1. The minimum Gasteiger partial charge on any atom is -0.481 e. The fraction of sp³-hybridized carbons (Fsp3) is 0.118. The molecule has 1 aromatic heterocycles. The summed E-state index contributed by atoms with van der Waals surface area (Å²) in [6, 6.07) is 8.55. The second-order valence-electron chi connectivity index (χ2n) is 4.96. The monoisotopic (exact) mass is 309 g/mol. The van der Waals surface area contributed by atoms with Crippen LogP contribution in [0.2, 0.25) is 0 Å². The van der Waals surface area contributed by atoms with E-state index >= 15 is 0 Å². The van der Waals surface area contributed by atoms with Crippen molar-refractivity contribution in [2.45, 2.75) is 0 Å². The molecule has 1 N–H and O–H groups in total. The zero-order valence-corrected chi connectivity index (χ0v) is 12.4. The fourth-order valence-corrected chi connectivity index (χ4v) is 2.31. The first-order valence-electron chi connectivity index (χ1n) is 7.08. The molecule has 2 heterocycles. The molecular weight excluding hydrogens is 294 g/mol. The number of aromatic nitrogens is 1. The Labute approximate surface area is 133 Å². The Morgan fingerprint density at radius 3 is 3.04 bits per heavy atom. The summed E-state index contributed by atoms with van der Waals surface area (Å²) in [6.45, 7) is 4.04. The van der Waals surface area contributed by atoms with Crippen LogP contribution in [0.1, 0.15) is 10.4 Å². The van der Waals surface area contributed by atoms with Crippen molar-refractivity contribution in [3.05, 3.63) is 60.9 Å². The lowest BCUT2D eigenvalue weighted by molar-refractivity contribution is -0.121. The lowest BCUT2D eigenvalue weighted by Crippen LogP contribution is -2.38. The third kappa shape index (κ3) is 3.06. The van der Waals surface area contributed by atoms with E-state index in [0.29, 0.717) is 29.2 Å². The van der Waals surface area contributed by atoms with Gasteiger partial charge in [0.2, 0.25) is 0 Å². The van der Waals surface area contributed by atoms with E-state index in [9.17, 15) is 9.59 Å². The van der Waals surface area contributed by atoms with Gasteiger partial charge in [-0.25, -0.2) is 0 Å². The van der Waals surface area contributed by atoms with Crippen LogP contribution in [-0.4, -0.2) is 29.9 Å². The van der Waals surface area contributed by atoms with Crippen LogP contribution >= 0.6 is 0 Å². The molecule has 0 atom stereocenters. The largest absolute Gasteiger partial charge is 0.481 e. The molecule has 0 fully saturated rings. The fourth-order valence-electron chi connectivity index (χ4n) is 2.31. The van der Waals surface area contributed by atoms with Crippen LogP contribution in [0.25, 0.3) is 0 Å². The van der Waals surface area contributed by atoms with Crippen molar-refractivity contribution in [3.63, 3.8) is 0 Å². The number of hydrogen-bond donors (Lipinski definition) is 1. The predicted molar refractivity (Wildman–Crippen MR) is 86.7 cm³/mol. The van der Waals surface area contributed by atoms with Gasteiger partial charge in [0.1, 0.15) is 5.75 Å². The summed E-state index contributed by atoms with van der Waals surface area (Å²) in [5.74, 6) is 0.174. The number of pyridine rings is 1. The molecule has 2 aromatic rings. The zero-order chi connectivity index (χ0) is 16.2.